The smallest absolute Gasteiger partial charge is 0.0641 e. The zero-order valence-electron chi connectivity index (χ0n) is 13.2. The zero-order chi connectivity index (χ0) is 14.6. The predicted octanol–water partition coefficient (Wildman–Crippen LogP) is 2.76. The SMILES string of the molecule is CCC(O)CCNC(C)c1cn(C(C)(C)C)nc1C. The maximum absolute atomic E-state index is 9.55. The van der Waals surface area contributed by atoms with Crippen molar-refractivity contribution in [2.24, 2.45) is 0 Å². The third-order valence-electron chi connectivity index (χ3n) is 3.49. The molecule has 0 aliphatic carbocycles. The van der Waals surface area contributed by atoms with Gasteiger partial charge in [0.25, 0.3) is 0 Å². The van der Waals surface area contributed by atoms with E-state index in [1.165, 1.54) is 5.56 Å². The molecule has 0 saturated heterocycles. The van der Waals surface area contributed by atoms with Gasteiger partial charge in [0.05, 0.1) is 17.3 Å². The van der Waals surface area contributed by atoms with Crippen molar-refractivity contribution in [3.8, 4) is 0 Å². The van der Waals surface area contributed by atoms with Crippen LogP contribution in [0.4, 0.5) is 0 Å². The van der Waals surface area contributed by atoms with Crippen LogP contribution in [-0.4, -0.2) is 27.5 Å². The number of aliphatic hydroxyl groups excluding tert-OH is 1. The lowest BCUT2D eigenvalue weighted by molar-refractivity contribution is 0.159. The molecular weight excluding hydrogens is 238 g/mol. The molecule has 1 aromatic rings. The molecule has 4 nitrogen and oxygen atoms in total. The quantitative estimate of drug-likeness (QED) is 0.833. The summed E-state index contributed by atoms with van der Waals surface area (Å²) in [7, 11) is 0. The Morgan fingerprint density at radius 2 is 2.05 bits per heavy atom. The molecule has 2 N–H and O–H groups in total. The molecule has 0 aromatic carbocycles. The Morgan fingerprint density at radius 3 is 2.53 bits per heavy atom. The van der Waals surface area contributed by atoms with Gasteiger partial charge in [-0.3, -0.25) is 4.68 Å². The first-order chi connectivity index (χ1) is 8.75. The first-order valence-corrected chi connectivity index (χ1v) is 7.23. The second kappa shape index (κ2) is 6.53. The molecule has 2 unspecified atom stereocenters. The molecule has 1 rings (SSSR count). The molecular formula is C15H29N3O. The molecule has 0 aliphatic heterocycles. The van der Waals surface area contributed by atoms with Crippen molar-refractivity contribution >= 4 is 0 Å². The minimum absolute atomic E-state index is 0.0150. The summed E-state index contributed by atoms with van der Waals surface area (Å²) in [6.07, 6.45) is 3.55. The lowest BCUT2D eigenvalue weighted by Crippen LogP contribution is -2.24. The Bertz CT molecular complexity index is 393. The van der Waals surface area contributed by atoms with Crippen LogP contribution in [0.5, 0.6) is 0 Å². The minimum atomic E-state index is -0.196. The zero-order valence-corrected chi connectivity index (χ0v) is 13.2. The lowest BCUT2D eigenvalue weighted by atomic mass is 10.1. The summed E-state index contributed by atoms with van der Waals surface area (Å²) in [6.45, 7) is 13.5. The maximum atomic E-state index is 9.55. The van der Waals surface area contributed by atoms with E-state index in [1.807, 2.05) is 11.6 Å². The van der Waals surface area contributed by atoms with Gasteiger partial charge in [0.1, 0.15) is 0 Å². The van der Waals surface area contributed by atoms with Gasteiger partial charge in [-0.2, -0.15) is 5.10 Å². The van der Waals surface area contributed by atoms with Gasteiger partial charge in [0.2, 0.25) is 0 Å². The molecule has 2 atom stereocenters. The number of hydrogen-bond acceptors (Lipinski definition) is 3. The molecule has 0 spiro atoms. The van der Waals surface area contributed by atoms with E-state index in [0.717, 1.165) is 25.1 Å². The fourth-order valence-corrected chi connectivity index (χ4v) is 2.02. The Kier molecular flexibility index (Phi) is 5.56. The van der Waals surface area contributed by atoms with Gasteiger partial charge in [0.15, 0.2) is 0 Å². The van der Waals surface area contributed by atoms with E-state index in [0.29, 0.717) is 0 Å². The van der Waals surface area contributed by atoms with Gasteiger partial charge in [-0.25, -0.2) is 0 Å². The highest BCUT2D eigenvalue weighted by atomic mass is 16.3. The monoisotopic (exact) mass is 267 g/mol. The molecule has 0 bridgehead atoms. The average Bonchev–Trinajstić information content (AvgIpc) is 2.70. The fourth-order valence-electron chi connectivity index (χ4n) is 2.02. The summed E-state index contributed by atoms with van der Waals surface area (Å²) in [6, 6.07) is 0.264. The minimum Gasteiger partial charge on any atom is -0.393 e. The van der Waals surface area contributed by atoms with E-state index in [1.54, 1.807) is 0 Å². The average molecular weight is 267 g/mol. The molecule has 4 heteroatoms. The van der Waals surface area contributed by atoms with E-state index in [9.17, 15) is 5.11 Å². The van der Waals surface area contributed by atoms with Crippen LogP contribution in [0.1, 0.15) is 64.8 Å². The Morgan fingerprint density at radius 1 is 1.42 bits per heavy atom. The lowest BCUT2D eigenvalue weighted by Gasteiger charge is -2.19. The number of hydrogen-bond donors (Lipinski definition) is 2. The van der Waals surface area contributed by atoms with E-state index < -0.39 is 0 Å². The van der Waals surface area contributed by atoms with Crippen LogP contribution in [0, 0.1) is 6.92 Å². The van der Waals surface area contributed by atoms with Crippen molar-refractivity contribution in [3.63, 3.8) is 0 Å². The molecule has 0 aliphatic rings. The summed E-state index contributed by atoms with van der Waals surface area (Å²) in [4.78, 5) is 0. The number of nitrogens with zero attached hydrogens (tertiary/aromatic N) is 2. The van der Waals surface area contributed by atoms with Gasteiger partial charge >= 0.3 is 0 Å². The van der Waals surface area contributed by atoms with Crippen LogP contribution in [0.3, 0.4) is 0 Å². The van der Waals surface area contributed by atoms with Gasteiger partial charge in [-0.15, -0.1) is 0 Å². The Labute approximate surface area is 117 Å². The van der Waals surface area contributed by atoms with E-state index in [2.05, 4.69) is 51.2 Å². The number of aromatic nitrogens is 2. The number of nitrogens with one attached hydrogen (secondary N) is 1. The topological polar surface area (TPSA) is 50.1 Å². The van der Waals surface area contributed by atoms with Crippen LogP contribution >= 0.6 is 0 Å². The number of aliphatic hydroxyl groups is 1. The van der Waals surface area contributed by atoms with Crippen molar-refractivity contribution in [1.29, 1.82) is 0 Å². The molecule has 1 aromatic heterocycles. The van der Waals surface area contributed by atoms with Gasteiger partial charge in [-0.05, 0) is 54.0 Å². The van der Waals surface area contributed by atoms with E-state index in [-0.39, 0.29) is 17.7 Å². The van der Waals surface area contributed by atoms with Crippen molar-refractivity contribution in [3.05, 3.63) is 17.5 Å². The Balaban J connectivity index is 2.62. The van der Waals surface area contributed by atoms with Crippen LogP contribution in [0.25, 0.3) is 0 Å². The molecule has 19 heavy (non-hydrogen) atoms. The molecule has 1 heterocycles. The second-order valence-corrected chi connectivity index (χ2v) is 6.31. The molecule has 0 amide bonds. The molecule has 0 radical (unpaired) electrons. The first kappa shape index (κ1) is 16.2. The maximum Gasteiger partial charge on any atom is 0.0641 e. The summed E-state index contributed by atoms with van der Waals surface area (Å²) >= 11 is 0. The second-order valence-electron chi connectivity index (χ2n) is 6.31. The van der Waals surface area contributed by atoms with Crippen molar-refractivity contribution in [2.45, 2.75) is 72.1 Å². The van der Waals surface area contributed by atoms with Gasteiger partial charge < -0.3 is 10.4 Å². The van der Waals surface area contributed by atoms with Crippen LogP contribution in [0.15, 0.2) is 6.20 Å². The van der Waals surface area contributed by atoms with Crippen molar-refractivity contribution < 1.29 is 5.11 Å². The standard InChI is InChI=1S/C15H29N3O/c1-7-13(19)8-9-16-11(2)14-10-18(15(4,5)6)17-12(14)3/h10-11,13,16,19H,7-9H2,1-6H3. The summed E-state index contributed by atoms with van der Waals surface area (Å²) in [5.41, 5.74) is 2.33. The third-order valence-corrected chi connectivity index (χ3v) is 3.49. The number of aryl methyl sites for hydroxylation is 1. The molecule has 0 saturated carbocycles. The van der Waals surface area contributed by atoms with Gasteiger partial charge in [-0.1, -0.05) is 6.92 Å². The predicted molar refractivity (Wildman–Crippen MR) is 79.3 cm³/mol. The molecule has 110 valence electrons. The summed E-state index contributed by atoms with van der Waals surface area (Å²) < 4.78 is 2.02. The van der Waals surface area contributed by atoms with E-state index >= 15 is 0 Å². The highest BCUT2D eigenvalue weighted by Crippen LogP contribution is 2.21. The van der Waals surface area contributed by atoms with Gasteiger partial charge in [0, 0.05) is 17.8 Å². The first-order valence-electron chi connectivity index (χ1n) is 7.23. The van der Waals surface area contributed by atoms with Crippen molar-refractivity contribution in [2.75, 3.05) is 6.54 Å². The highest BCUT2D eigenvalue weighted by molar-refractivity contribution is 5.20. The summed E-state index contributed by atoms with van der Waals surface area (Å²) in [5, 5.41) is 17.6. The number of rotatable bonds is 6. The molecule has 0 fully saturated rings. The normalized spacial score (nSPS) is 15.5. The van der Waals surface area contributed by atoms with E-state index in [4.69, 9.17) is 0 Å². The summed E-state index contributed by atoms with van der Waals surface area (Å²) in [5.74, 6) is 0. The van der Waals surface area contributed by atoms with Crippen LogP contribution in [0.2, 0.25) is 0 Å². The largest absolute Gasteiger partial charge is 0.393 e. The van der Waals surface area contributed by atoms with Crippen molar-refractivity contribution in [1.82, 2.24) is 15.1 Å². The van der Waals surface area contributed by atoms with Crippen LogP contribution in [-0.2, 0) is 5.54 Å². The Hall–Kier alpha value is -0.870. The highest BCUT2D eigenvalue weighted by Gasteiger charge is 2.18. The third kappa shape index (κ3) is 4.62. The fraction of sp³-hybridized carbons (Fsp3) is 0.800. The van der Waals surface area contributed by atoms with Crippen LogP contribution < -0.4 is 5.32 Å².